The van der Waals surface area contributed by atoms with Crippen LogP contribution in [0.5, 0.6) is 5.75 Å². The zero-order chi connectivity index (χ0) is 13.0. The van der Waals surface area contributed by atoms with Crippen molar-refractivity contribution in [2.45, 2.75) is 38.8 Å². The van der Waals surface area contributed by atoms with Crippen LogP contribution in [-0.4, -0.2) is 32.3 Å². The number of ether oxygens (including phenoxy) is 1. The number of hydrogen-bond donors (Lipinski definition) is 1. The van der Waals surface area contributed by atoms with Crippen LogP contribution in [0.3, 0.4) is 0 Å². The molecule has 3 heteroatoms. The Morgan fingerprint density at radius 2 is 2.22 bits per heavy atom. The Balaban J connectivity index is 2.03. The van der Waals surface area contributed by atoms with E-state index in [0.717, 1.165) is 18.8 Å². The first-order valence-electron chi connectivity index (χ1n) is 6.84. The molecule has 0 spiro atoms. The molecule has 1 unspecified atom stereocenters. The van der Waals surface area contributed by atoms with E-state index in [1.54, 1.807) is 7.11 Å². The van der Waals surface area contributed by atoms with E-state index < -0.39 is 0 Å². The van der Waals surface area contributed by atoms with Gasteiger partial charge in [-0.25, -0.2) is 0 Å². The number of piperidine rings is 1. The van der Waals surface area contributed by atoms with E-state index in [9.17, 15) is 0 Å². The van der Waals surface area contributed by atoms with Crippen LogP contribution in [0.1, 0.15) is 26.7 Å². The summed E-state index contributed by atoms with van der Waals surface area (Å²) in [5.74, 6) is 0.937. The fourth-order valence-corrected chi connectivity index (χ4v) is 2.63. The molecule has 0 amide bonds. The number of benzene rings is 1. The maximum Gasteiger partial charge on any atom is 0.120 e. The first kappa shape index (κ1) is 13.2. The maximum atomic E-state index is 5.29. The van der Waals surface area contributed by atoms with Gasteiger partial charge in [-0.1, -0.05) is 19.9 Å². The van der Waals surface area contributed by atoms with Crippen molar-refractivity contribution in [1.82, 2.24) is 5.32 Å². The summed E-state index contributed by atoms with van der Waals surface area (Å²) in [5.41, 5.74) is 1.27. The van der Waals surface area contributed by atoms with Crippen LogP contribution in [0, 0.1) is 0 Å². The molecule has 1 heterocycles. The zero-order valence-electron chi connectivity index (χ0n) is 11.6. The van der Waals surface area contributed by atoms with Crippen LogP contribution in [0.4, 0.5) is 5.69 Å². The van der Waals surface area contributed by atoms with Crippen LogP contribution >= 0.6 is 0 Å². The molecule has 0 aromatic heterocycles. The highest BCUT2D eigenvalue weighted by atomic mass is 16.5. The fourth-order valence-electron chi connectivity index (χ4n) is 2.63. The summed E-state index contributed by atoms with van der Waals surface area (Å²) < 4.78 is 5.29. The molecule has 1 aliphatic rings. The van der Waals surface area contributed by atoms with Gasteiger partial charge in [-0.05, 0) is 25.0 Å². The molecule has 1 atom stereocenters. The Morgan fingerprint density at radius 1 is 1.39 bits per heavy atom. The average Bonchev–Trinajstić information content (AvgIpc) is 2.38. The van der Waals surface area contributed by atoms with Crippen molar-refractivity contribution in [3.63, 3.8) is 0 Å². The number of anilines is 1. The third-order valence-electron chi connectivity index (χ3n) is 3.41. The Hall–Kier alpha value is -1.22. The highest BCUT2D eigenvalue weighted by Crippen LogP contribution is 2.24. The van der Waals surface area contributed by atoms with Crippen LogP contribution in [0.15, 0.2) is 24.3 Å². The SMILES string of the molecule is COc1cccc(N2CCCC(NC(C)C)C2)c1. The van der Waals surface area contributed by atoms with E-state index in [0.29, 0.717) is 12.1 Å². The molecular weight excluding hydrogens is 224 g/mol. The topological polar surface area (TPSA) is 24.5 Å². The maximum absolute atomic E-state index is 5.29. The number of hydrogen-bond acceptors (Lipinski definition) is 3. The lowest BCUT2D eigenvalue weighted by atomic mass is 10.0. The van der Waals surface area contributed by atoms with Crippen molar-refractivity contribution in [2.24, 2.45) is 0 Å². The Bertz CT molecular complexity index is 379. The molecule has 1 N–H and O–H groups in total. The van der Waals surface area contributed by atoms with Crippen molar-refractivity contribution in [3.8, 4) is 5.75 Å². The molecule has 0 aliphatic carbocycles. The molecule has 2 rings (SSSR count). The molecule has 3 nitrogen and oxygen atoms in total. The van der Waals surface area contributed by atoms with E-state index in [4.69, 9.17) is 4.74 Å². The summed E-state index contributed by atoms with van der Waals surface area (Å²) in [6, 6.07) is 9.51. The fraction of sp³-hybridized carbons (Fsp3) is 0.600. The third kappa shape index (κ3) is 3.39. The Kier molecular flexibility index (Phi) is 4.48. The summed E-state index contributed by atoms with van der Waals surface area (Å²) in [6.07, 6.45) is 2.53. The molecule has 1 saturated heterocycles. The smallest absolute Gasteiger partial charge is 0.120 e. The minimum Gasteiger partial charge on any atom is -0.497 e. The van der Waals surface area contributed by atoms with Crippen molar-refractivity contribution in [3.05, 3.63) is 24.3 Å². The number of nitrogens with one attached hydrogen (secondary N) is 1. The number of nitrogens with zero attached hydrogens (tertiary/aromatic N) is 1. The lowest BCUT2D eigenvalue weighted by Gasteiger charge is -2.35. The number of rotatable bonds is 4. The van der Waals surface area contributed by atoms with Crippen LogP contribution in [0.2, 0.25) is 0 Å². The Morgan fingerprint density at radius 3 is 2.94 bits per heavy atom. The predicted molar refractivity (Wildman–Crippen MR) is 76.5 cm³/mol. The van der Waals surface area contributed by atoms with Gasteiger partial charge in [-0.15, -0.1) is 0 Å². The van der Waals surface area contributed by atoms with Gasteiger partial charge >= 0.3 is 0 Å². The van der Waals surface area contributed by atoms with Crippen LogP contribution < -0.4 is 15.0 Å². The first-order valence-corrected chi connectivity index (χ1v) is 6.84. The summed E-state index contributed by atoms with van der Waals surface area (Å²) in [5, 5.41) is 3.64. The van der Waals surface area contributed by atoms with Gasteiger partial charge in [0, 0.05) is 36.9 Å². The summed E-state index contributed by atoms with van der Waals surface area (Å²) in [6.45, 7) is 6.66. The van der Waals surface area contributed by atoms with Gasteiger partial charge < -0.3 is 15.0 Å². The van der Waals surface area contributed by atoms with Gasteiger partial charge in [0.25, 0.3) is 0 Å². The van der Waals surface area contributed by atoms with E-state index in [1.807, 2.05) is 6.07 Å². The van der Waals surface area contributed by atoms with Crippen LogP contribution in [0.25, 0.3) is 0 Å². The van der Waals surface area contributed by atoms with Gasteiger partial charge in [0.1, 0.15) is 5.75 Å². The van der Waals surface area contributed by atoms with Crippen molar-refractivity contribution in [2.75, 3.05) is 25.1 Å². The molecule has 1 aliphatic heterocycles. The molecule has 1 fully saturated rings. The molecule has 100 valence electrons. The molecule has 1 aromatic carbocycles. The standard InChI is InChI=1S/C15H24N2O/c1-12(2)16-13-6-5-9-17(11-13)14-7-4-8-15(10-14)18-3/h4,7-8,10,12-13,16H,5-6,9,11H2,1-3H3. The Labute approximate surface area is 110 Å². The van der Waals surface area contributed by atoms with Crippen molar-refractivity contribution in [1.29, 1.82) is 0 Å². The molecule has 0 bridgehead atoms. The number of methoxy groups -OCH3 is 1. The van der Waals surface area contributed by atoms with Gasteiger partial charge in [0.2, 0.25) is 0 Å². The highest BCUT2D eigenvalue weighted by molar-refractivity contribution is 5.51. The lowest BCUT2D eigenvalue weighted by molar-refractivity contribution is 0.393. The second-order valence-corrected chi connectivity index (χ2v) is 5.31. The van der Waals surface area contributed by atoms with Gasteiger partial charge in [0.15, 0.2) is 0 Å². The van der Waals surface area contributed by atoms with E-state index in [1.165, 1.54) is 18.5 Å². The third-order valence-corrected chi connectivity index (χ3v) is 3.41. The molecular formula is C15H24N2O. The van der Waals surface area contributed by atoms with Gasteiger partial charge in [-0.3, -0.25) is 0 Å². The van der Waals surface area contributed by atoms with Crippen LogP contribution in [-0.2, 0) is 0 Å². The monoisotopic (exact) mass is 248 g/mol. The minimum atomic E-state index is 0.556. The van der Waals surface area contributed by atoms with E-state index in [-0.39, 0.29) is 0 Å². The summed E-state index contributed by atoms with van der Waals surface area (Å²) >= 11 is 0. The minimum absolute atomic E-state index is 0.556. The summed E-state index contributed by atoms with van der Waals surface area (Å²) in [7, 11) is 1.72. The van der Waals surface area contributed by atoms with Gasteiger partial charge in [0.05, 0.1) is 7.11 Å². The second kappa shape index (κ2) is 6.10. The largest absolute Gasteiger partial charge is 0.497 e. The zero-order valence-corrected chi connectivity index (χ0v) is 11.6. The summed E-state index contributed by atoms with van der Waals surface area (Å²) in [4.78, 5) is 2.45. The lowest BCUT2D eigenvalue weighted by Crippen LogP contribution is -2.47. The van der Waals surface area contributed by atoms with Crippen molar-refractivity contribution >= 4 is 5.69 Å². The van der Waals surface area contributed by atoms with E-state index >= 15 is 0 Å². The molecule has 1 aromatic rings. The molecule has 0 saturated carbocycles. The van der Waals surface area contributed by atoms with Crippen molar-refractivity contribution < 1.29 is 4.74 Å². The molecule has 18 heavy (non-hydrogen) atoms. The predicted octanol–water partition coefficient (Wildman–Crippen LogP) is 2.66. The highest BCUT2D eigenvalue weighted by Gasteiger charge is 2.20. The first-order chi connectivity index (χ1) is 8.69. The second-order valence-electron chi connectivity index (χ2n) is 5.31. The molecule has 0 radical (unpaired) electrons. The van der Waals surface area contributed by atoms with E-state index in [2.05, 4.69) is 42.3 Å². The quantitative estimate of drug-likeness (QED) is 0.886. The average molecular weight is 248 g/mol. The van der Waals surface area contributed by atoms with Gasteiger partial charge in [-0.2, -0.15) is 0 Å². The normalized spacial score (nSPS) is 20.2.